The summed E-state index contributed by atoms with van der Waals surface area (Å²) in [6.07, 6.45) is 4.06. The van der Waals surface area contributed by atoms with Crippen LogP contribution in [0.3, 0.4) is 0 Å². The third-order valence-electron chi connectivity index (χ3n) is 4.52. The summed E-state index contributed by atoms with van der Waals surface area (Å²) < 4.78 is 18.5. The lowest BCUT2D eigenvalue weighted by Crippen LogP contribution is -2.24. The lowest BCUT2D eigenvalue weighted by molar-refractivity contribution is 0.0858. The normalized spacial score (nSPS) is 22.9. The van der Waals surface area contributed by atoms with Crippen molar-refractivity contribution in [2.45, 2.75) is 39.5 Å². The molecule has 0 saturated heterocycles. The molecule has 1 saturated carbocycles. The number of ether oxygens (including phenoxy) is 1. The van der Waals surface area contributed by atoms with Gasteiger partial charge in [-0.25, -0.2) is 4.39 Å². The highest BCUT2D eigenvalue weighted by molar-refractivity contribution is 5.98. The number of benzene rings is 1. The summed E-state index contributed by atoms with van der Waals surface area (Å²) in [5.41, 5.74) is 0.469. The van der Waals surface area contributed by atoms with E-state index in [4.69, 9.17) is 4.74 Å². The van der Waals surface area contributed by atoms with Crippen molar-refractivity contribution in [1.29, 1.82) is 0 Å². The number of hydrogen-bond acceptors (Lipinski definition) is 2. The molecule has 0 spiro atoms. The summed E-state index contributed by atoms with van der Waals surface area (Å²) in [5, 5.41) is 0. The van der Waals surface area contributed by atoms with E-state index in [2.05, 4.69) is 13.8 Å². The van der Waals surface area contributed by atoms with Crippen molar-refractivity contribution in [2.24, 2.45) is 17.8 Å². The van der Waals surface area contributed by atoms with Gasteiger partial charge < -0.3 is 4.74 Å². The van der Waals surface area contributed by atoms with Crippen LogP contribution in [0.4, 0.5) is 4.39 Å². The van der Waals surface area contributed by atoms with E-state index in [1.54, 1.807) is 6.07 Å². The van der Waals surface area contributed by atoms with Crippen LogP contribution in [-0.2, 0) is 0 Å². The average molecular weight is 278 g/mol. The molecule has 0 bridgehead atoms. The molecule has 0 heterocycles. The number of hydrogen-bond donors (Lipinski definition) is 0. The van der Waals surface area contributed by atoms with E-state index in [1.807, 2.05) is 0 Å². The lowest BCUT2D eigenvalue weighted by Gasteiger charge is -2.30. The van der Waals surface area contributed by atoms with Crippen LogP contribution in [0.5, 0.6) is 5.75 Å². The molecule has 0 aromatic heterocycles. The molecular formula is C17H23FO2. The van der Waals surface area contributed by atoms with E-state index in [0.717, 1.165) is 31.6 Å². The van der Waals surface area contributed by atoms with Crippen LogP contribution in [0.15, 0.2) is 18.2 Å². The molecule has 3 heteroatoms. The van der Waals surface area contributed by atoms with Gasteiger partial charge in [-0.05, 0) is 55.7 Å². The number of ketones is 1. The van der Waals surface area contributed by atoms with Gasteiger partial charge in [0.2, 0.25) is 0 Å². The fourth-order valence-electron chi connectivity index (χ4n) is 3.10. The van der Waals surface area contributed by atoms with Crippen molar-refractivity contribution in [1.82, 2.24) is 0 Å². The van der Waals surface area contributed by atoms with Gasteiger partial charge >= 0.3 is 0 Å². The van der Waals surface area contributed by atoms with Crippen molar-refractivity contribution in [3.05, 3.63) is 29.6 Å². The van der Waals surface area contributed by atoms with E-state index in [-0.39, 0.29) is 17.5 Å². The summed E-state index contributed by atoms with van der Waals surface area (Å²) in [5.74, 6) is 1.27. The van der Waals surface area contributed by atoms with Crippen LogP contribution in [0.1, 0.15) is 49.9 Å². The van der Waals surface area contributed by atoms with E-state index in [1.165, 1.54) is 19.2 Å². The number of Topliss-reactive ketones (excluding diaryl/α,β-unsaturated/α-hetero) is 1. The van der Waals surface area contributed by atoms with Crippen molar-refractivity contribution in [2.75, 3.05) is 7.11 Å². The molecule has 0 radical (unpaired) electrons. The Bertz CT molecular complexity index is 474. The number of rotatable bonds is 4. The molecule has 110 valence electrons. The molecule has 0 aliphatic heterocycles. The van der Waals surface area contributed by atoms with Crippen molar-refractivity contribution in [3.8, 4) is 5.75 Å². The van der Waals surface area contributed by atoms with Gasteiger partial charge in [-0.2, -0.15) is 0 Å². The highest BCUT2D eigenvalue weighted by Crippen LogP contribution is 2.35. The predicted octanol–water partition coefficient (Wildman–Crippen LogP) is 4.48. The SMILES string of the molecule is COc1ccc(C(=O)C2CCC(C(C)C)CC2)cc1F. The number of halogens is 1. The molecule has 0 amide bonds. The summed E-state index contributed by atoms with van der Waals surface area (Å²) in [7, 11) is 1.42. The van der Waals surface area contributed by atoms with Crippen LogP contribution in [0.25, 0.3) is 0 Å². The third-order valence-corrected chi connectivity index (χ3v) is 4.52. The minimum absolute atomic E-state index is 0.0535. The molecule has 1 fully saturated rings. The highest BCUT2D eigenvalue weighted by Gasteiger charge is 2.28. The molecular weight excluding hydrogens is 255 g/mol. The van der Waals surface area contributed by atoms with Gasteiger partial charge in [0.25, 0.3) is 0 Å². The minimum atomic E-state index is -0.464. The second-order valence-corrected chi connectivity index (χ2v) is 6.07. The Morgan fingerprint density at radius 1 is 1.25 bits per heavy atom. The Labute approximate surface area is 120 Å². The maximum absolute atomic E-state index is 13.7. The highest BCUT2D eigenvalue weighted by atomic mass is 19.1. The minimum Gasteiger partial charge on any atom is -0.494 e. The van der Waals surface area contributed by atoms with E-state index < -0.39 is 5.82 Å². The Balaban J connectivity index is 2.04. The Morgan fingerprint density at radius 3 is 2.40 bits per heavy atom. The Hall–Kier alpha value is -1.38. The lowest BCUT2D eigenvalue weighted by atomic mass is 9.75. The van der Waals surface area contributed by atoms with Gasteiger partial charge in [0.1, 0.15) is 0 Å². The van der Waals surface area contributed by atoms with E-state index >= 15 is 0 Å². The molecule has 0 atom stereocenters. The van der Waals surface area contributed by atoms with Gasteiger partial charge in [-0.15, -0.1) is 0 Å². The maximum atomic E-state index is 13.7. The largest absolute Gasteiger partial charge is 0.494 e. The van der Waals surface area contributed by atoms with Crippen LogP contribution in [0, 0.1) is 23.6 Å². The van der Waals surface area contributed by atoms with Gasteiger partial charge in [-0.1, -0.05) is 13.8 Å². The summed E-state index contributed by atoms with van der Waals surface area (Å²) in [6, 6.07) is 4.50. The number of carbonyl (C=O) groups excluding carboxylic acids is 1. The number of methoxy groups -OCH3 is 1. The molecule has 0 N–H and O–H groups in total. The second-order valence-electron chi connectivity index (χ2n) is 6.07. The Morgan fingerprint density at radius 2 is 1.90 bits per heavy atom. The zero-order chi connectivity index (χ0) is 14.7. The molecule has 1 aromatic carbocycles. The quantitative estimate of drug-likeness (QED) is 0.759. The molecule has 0 unspecified atom stereocenters. The summed E-state index contributed by atoms with van der Waals surface area (Å²) in [4.78, 5) is 12.4. The first-order chi connectivity index (χ1) is 9.52. The zero-order valence-electron chi connectivity index (χ0n) is 12.5. The molecule has 2 nitrogen and oxygen atoms in total. The van der Waals surface area contributed by atoms with Crippen LogP contribution in [-0.4, -0.2) is 12.9 Å². The van der Waals surface area contributed by atoms with Gasteiger partial charge in [0.15, 0.2) is 17.3 Å². The fraction of sp³-hybridized carbons (Fsp3) is 0.588. The first kappa shape index (κ1) is 15.0. The smallest absolute Gasteiger partial charge is 0.166 e. The fourth-order valence-corrected chi connectivity index (χ4v) is 3.10. The first-order valence-electron chi connectivity index (χ1n) is 7.40. The standard InChI is InChI=1S/C17H23FO2/c1-11(2)12-4-6-13(7-5-12)17(19)14-8-9-16(20-3)15(18)10-14/h8-13H,4-7H2,1-3H3. The topological polar surface area (TPSA) is 26.3 Å². The molecule has 1 aliphatic carbocycles. The van der Waals surface area contributed by atoms with Crippen LogP contribution in [0.2, 0.25) is 0 Å². The number of carbonyl (C=O) groups is 1. The van der Waals surface area contributed by atoms with Gasteiger partial charge in [0.05, 0.1) is 7.11 Å². The summed E-state index contributed by atoms with van der Waals surface area (Å²) in [6.45, 7) is 4.48. The van der Waals surface area contributed by atoms with Gasteiger partial charge in [-0.3, -0.25) is 4.79 Å². The Kier molecular flexibility index (Phi) is 4.79. The first-order valence-corrected chi connectivity index (χ1v) is 7.40. The van der Waals surface area contributed by atoms with E-state index in [9.17, 15) is 9.18 Å². The third kappa shape index (κ3) is 3.20. The van der Waals surface area contributed by atoms with Gasteiger partial charge in [0, 0.05) is 11.5 Å². The zero-order valence-corrected chi connectivity index (χ0v) is 12.5. The van der Waals surface area contributed by atoms with Crippen LogP contribution < -0.4 is 4.74 Å². The van der Waals surface area contributed by atoms with Crippen molar-refractivity contribution < 1.29 is 13.9 Å². The maximum Gasteiger partial charge on any atom is 0.166 e. The van der Waals surface area contributed by atoms with Crippen molar-refractivity contribution in [3.63, 3.8) is 0 Å². The van der Waals surface area contributed by atoms with Crippen LogP contribution >= 0.6 is 0 Å². The molecule has 20 heavy (non-hydrogen) atoms. The monoisotopic (exact) mass is 278 g/mol. The average Bonchev–Trinajstić information content (AvgIpc) is 2.46. The second kappa shape index (κ2) is 6.38. The van der Waals surface area contributed by atoms with Crippen molar-refractivity contribution >= 4 is 5.78 Å². The van der Waals surface area contributed by atoms with E-state index in [0.29, 0.717) is 11.5 Å². The summed E-state index contributed by atoms with van der Waals surface area (Å²) >= 11 is 0. The molecule has 1 aliphatic rings. The molecule has 2 rings (SSSR count). The predicted molar refractivity (Wildman–Crippen MR) is 77.6 cm³/mol. The molecule has 1 aromatic rings.